The lowest BCUT2D eigenvalue weighted by Crippen LogP contribution is -2.40. The highest BCUT2D eigenvalue weighted by molar-refractivity contribution is 6.30. The van der Waals surface area contributed by atoms with E-state index in [9.17, 15) is 4.79 Å². The van der Waals surface area contributed by atoms with Gasteiger partial charge in [-0.3, -0.25) is 9.69 Å². The van der Waals surface area contributed by atoms with Gasteiger partial charge in [0.1, 0.15) is 0 Å². The predicted molar refractivity (Wildman–Crippen MR) is 104 cm³/mol. The second kappa shape index (κ2) is 8.84. The smallest absolute Gasteiger partial charge is 0.228 e. The van der Waals surface area contributed by atoms with Crippen molar-refractivity contribution in [3.63, 3.8) is 0 Å². The number of nitriles is 1. The van der Waals surface area contributed by atoms with Crippen LogP contribution < -0.4 is 5.32 Å². The minimum Gasteiger partial charge on any atom is -0.326 e. The number of carbonyl (C=O) groups is 1. The maximum atomic E-state index is 12.6. The van der Waals surface area contributed by atoms with Gasteiger partial charge in [0, 0.05) is 23.8 Å². The van der Waals surface area contributed by atoms with Crippen LogP contribution in [0.5, 0.6) is 0 Å². The Balaban J connectivity index is 1.55. The van der Waals surface area contributed by atoms with Gasteiger partial charge in [-0.1, -0.05) is 35.9 Å². The van der Waals surface area contributed by atoms with Gasteiger partial charge in [0.25, 0.3) is 0 Å². The van der Waals surface area contributed by atoms with Gasteiger partial charge in [0.2, 0.25) is 5.91 Å². The Morgan fingerprint density at radius 3 is 2.54 bits per heavy atom. The molecular weight excluding hydrogens is 346 g/mol. The molecule has 0 spiro atoms. The molecule has 1 aliphatic heterocycles. The van der Waals surface area contributed by atoms with E-state index in [0.717, 1.165) is 48.7 Å². The number of amides is 1. The van der Waals surface area contributed by atoms with Crippen molar-refractivity contribution in [2.24, 2.45) is 5.92 Å². The molecule has 1 fully saturated rings. The SMILES string of the molecule is N#CCc1ccc(NC(=O)C2CCCN(Cc3ccc(Cl)cc3)C2)cc1. The molecule has 0 bridgehead atoms. The summed E-state index contributed by atoms with van der Waals surface area (Å²) in [5.74, 6) is 0.0636. The Bertz CT molecular complexity index is 780. The molecule has 0 saturated carbocycles. The van der Waals surface area contributed by atoms with E-state index in [1.165, 1.54) is 5.56 Å². The van der Waals surface area contributed by atoms with E-state index in [1.54, 1.807) is 0 Å². The molecule has 0 aliphatic carbocycles. The van der Waals surface area contributed by atoms with Crippen LogP contribution in [0.4, 0.5) is 5.69 Å². The molecule has 1 unspecified atom stereocenters. The van der Waals surface area contributed by atoms with Crippen LogP contribution in [-0.2, 0) is 17.8 Å². The highest BCUT2D eigenvalue weighted by Crippen LogP contribution is 2.21. The number of hydrogen-bond acceptors (Lipinski definition) is 3. The molecule has 4 nitrogen and oxygen atoms in total. The van der Waals surface area contributed by atoms with E-state index in [2.05, 4.69) is 16.3 Å². The second-order valence-electron chi connectivity index (χ2n) is 6.72. The first-order valence-corrected chi connectivity index (χ1v) is 9.25. The third-order valence-corrected chi connectivity index (χ3v) is 4.95. The zero-order valence-electron chi connectivity index (χ0n) is 14.6. The van der Waals surface area contributed by atoms with Gasteiger partial charge in [-0.15, -0.1) is 0 Å². The highest BCUT2D eigenvalue weighted by Gasteiger charge is 2.25. The van der Waals surface area contributed by atoms with Gasteiger partial charge in [0.15, 0.2) is 0 Å². The third-order valence-electron chi connectivity index (χ3n) is 4.70. The van der Waals surface area contributed by atoms with Gasteiger partial charge in [0.05, 0.1) is 18.4 Å². The minimum absolute atomic E-state index is 0.00478. The van der Waals surface area contributed by atoms with Crippen molar-refractivity contribution >= 4 is 23.2 Å². The quantitative estimate of drug-likeness (QED) is 0.859. The molecule has 2 aromatic rings. The third kappa shape index (κ3) is 5.08. The molecule has 26 heavy (non-hydrogen) atoms. The van der Waals surface area contributed by atoms with E-state index >= 15 is 0 Å². The van der Waals surface area contributed by atoms with E-state index in [1.807, 2.05) is 48.5 Å². The molecule has 1 heterocycles. The van der Waals surface area contributed by atoms with E-state index < -0.39 is 0 Å². The number of carbonyl (C=O) groups excluding carboxylic acids is 1. The largest absolute Gasteiger partial charge is 0.326 e. The zero-order chi connectivity index (χ0) is 18.4. The maximum absolute atomic E-state index is 12.6. The summed E-state index contributed by atoms with van der Waals surface area (Å²) in [6.45, 7) is 2.61. The number of anilines is 1. The molecule has 1 N–H and O–H groups in total. The summed E-state index contributed by atoms with van der Waals surface area (Å²) in [5.41, 5.74) is 2.95. The van der Waals surface area contributed by atoms with Gasteiger partial charge >= 0.3 is 0 Å². The molecule has 1 amide bonds. The van der Waals surface area contributed by atoms with Crippen LogP contribution in [0.3, 0.4) is 0 Å². The summed E-state index contributed by atoms with van der Waals surface area (Å²) in [5, 5.41) is 12.5. The standard InChI is InChI=1S/C21H22ClN3O/c22-19-7-3-17(4-8-19)14-25-13-1-2-18(15-25)21(26)24-20-9-5-16(6-10-20)11-12-23/h3-10,18H,1-2,11,13-15H2,(H,24,26). The van der Waals surface area contributed by atoms with Crippen LogP contribution in [0, 0.1) is 17.2 Å². The van der Waals surface area contributed by atoms with Crippen LogP contribution in [0.25, 0.3) is 0 Å². The molecule has 2 aromatic carbocycles. The number of nitrogens with one attached hydrogen (secondary N) is 1. The van der Waals surface area contributed by atoms with Crippen LogP contribution in [-0.4, -0.2) is 23.9 Å². The fourth-order valence-electron chi connectivity index (χ4n) is 3.30. The summed E-state index contributed by atoms with van der Waals surface area (Å²) in [4.78, 5) is 14.9. The number of benzene rings is 2. The van der Waals surface area contributed by atoms with E-state index in [0.29, 0.717) is 6.42 Å². The maximum Gasteiger partial charge on any atom is 0.228 e. The lowest BCUT2D eigenvalue weighted by molar-refractivity contribution is -0.121. The lowest BCUT2D eigenvalue weighted by Gasteiger charge is -2.32. The van der Waals surface area contributed by atoms with Crippen molar-refractivity contribution < 1.29 is 4.79 Å². The van der Waals surface area contributed by atoms with Crippen molar-refractivity contribution in [1.82, 2.24) is 4.90 Å². The van der Waals surface area contributed by atoms with Gasteiger partial charge in [-0.25, -0.2) is 0 Å². The average molecular weight is 368 g/mol. The minimum atomic E-state index is -0.00478. The Hall–Kier alpha value is -2.35. The summed E-state index contributed by atoms with van der Waals surface area (Å²) in [6.07, 6.45) is 2.32. The predicted octanol–water partition coefficient (Wildman–Crippen LogP) is 4.26. The Morgan fingerprint density at radius 1 is 1.15 bits per heavy atom. The summed E-state index contributed by atoms with van der Waals surface area (Å²) in [6, 6.07) is 17.5. The number of rotatable bonds is 5. The molecule has 1 aliphatic rings. The topological polar surface area (TPSA) is 56.1 Å². The van der Waals surface area contributed by atoms with Gasteiger partial charge < -0.3 is 5.32 Å². The van der Waals surface area contributed by atoms with Crippen molar-refractivity contribution in [3.8, 4) is 6.07 Å². The summed E-state index contributed by atoms with van der Waals surface area (Å²) in [7, 11) is 0. The fourth-order valence-corrected chi connectivity index (χ4v) is 3.43. The number of piperidine rings is 1. The number of hydrogen-bond donors (Lipinski definition) is 1. The molecule has 134 valence electrons. The lowest BCUT2D eigenvalue weighted by atomic mass is 9.96. The Labute approximate surface area is 159 Å². The van der Waals surface area contributed by atoms with Crippen LogP contribution in [0.1, 0.15) is 24.0 Å². The normalized spacial score (nSPS) is 17.5. The van der Waals surface area contributed by atoms with Crippen molar-refractivity contribution in [3.05, 3.63) is 64.7 Å². The molecule has 1 saturated heterocycles. The average Bonchev–Trinajstić information content (AvgIpc) is 2.66. The van der Waals surface area contributed by atoms with Crippen molar-refractivity contribution in [1.29, 1.82) is 5.26 Å². The van der Waals surface area contributed by atoms with Crippen LogP contribution >= 0.6 is 11.6 Å². The molecule has 0 radical (unpaired) electrons. The Morgan fingerprint density at radius 2 is 1.85 bits per heavy atom. The molecule has 5 heteroatoms. The van der Waals surface area contributed by atoms with Gasteiger partial charge in [-0.05, 0) is 54.8 Å². The zero-order valence-corrected chi connectivity index (χ0v) is 15.4. The summed E-state index contributed by atoms with van der Waals surface area (Å²) < 4.78 is 0. The monoisotopic (exact) mass is 367 g/mol. The fraction of sp³-hybridized carbons (Fsp3) is 0.333. The molecule has 1 atom stereocenters. The summed E-state index contributed by atoms with van der Waals surface area (Å²) >= 11 is 5.94. The van der Waals surface area contributed by atoms with Gasteiger partial charge in [-0.2, -0.15) is 5.26 Å². The highest BCUT2D eigenvalue weighted by atomic mass is 35.5. The van der Waals surface area contributed by atoms with E-state index in [4.69, 9.17) is 16.9 Å². The second-order valence-corrected chi connectivity index (χ2v) is 7.16. The number of likely N-dealkylation sites (tertiary alicyclic amines) is 1. The number of halogens is 1. The molecular formula is C21H22ClN3O. The first-order chi connectivity index (χ1) is 12.6. The first kappa shape index (κ1) is 18.4. The number of nitrogens with zero attached hydrogens (tertiary/aromatic N) is 2. The first-order valence-electron chi connectivity index (χ1n) is 8.87. The van der Waals surface area contributed by atoms with Crippen molar-refractivity contribution in [2.45, 2.75) is 25.8 Å². The van der Waals surface area contributed by atoms with Crippen LogP contribution in [0.2, 0.25) is 5.02 Å². The molecule has 3 rings (SSSR count). The Kier molecular flexibility index (Phi) is 6.27. The van der Waals surface area contributed by atoms with Crippen LogP contribution in [0.15, 0.2) is 48.5 Å². The van der Waals surface area contributed by atoms with E-state index in [-0.39, 0.29) is 11.8 Å². The van der Waals surface area contributed by atoms with Crippen molar-refractivity contribution in [2.75, 3.05) is 18.4 Å². The molecule has 0 aromatic heterocycles.